The van der Waals surface area contributed by atoms with Crippen molar-refractivity contribution in [3.05, 3.63) is 89.5 Å². The topological polar surface area (TPSA) is 57.2 Å². The number of aliphatic hydroxyl groups is 1. The lowest BCUT2D eigenvalue weighted by Gasteiger charge is -2.28. The molecule has 0 unspecified atom stereocenters. The Balaban J connectivity index is 1.70. The van der Waals surface area contributed by atoms with Crippen LogP contribution in [0.2, 0.25) is 0 Å². The van der Waals surface area contributed by atoms with Gasteiger partial charge in [0.15, 0.2) is 11.5 Å². The fraction of sp³-hybridized carbons (Fsp3) is 0.200. The summed E-state index contributed by atoms with van der Waals surface area (Å²) in [6.45, 7) is 0.143. The fourth-order valence-corrected chi connectivity index (χ4v) is 3.72. The van der Waals surface area contributed by atoms with Crippen LogP contribution < -0.4 is 18.9 Å². The highest BCUT2D eigenvalue weighted by atomic mass is 16.7. The van der Waals surface area contributed by atoms with Crippen molar-refractivity contribution in [1.29, 1.82) is 0 Å². The second-order valence-corrected chi connectivity index (χ2v) is 6.96. The molecule has 1 heterocycles. The van der Waals surface area contributed by atoms with Gasteiger partial charge in [0.05, 0.1) is 14.2 Å². The molecule has 0 aromatic heterocycles. The van der Waals surface area contributed by atoms with Crippen LogP contribution in [-0.2, 0) is 5.60 Å². The molecule has 0 amide bonds. The highest BCUT2D eigenvalue weighted by Crippen LogP contribution is 2.49. The van der Waals surface area contributed by atoms with Crippen LogP contribution in [0.3, 0.4) is 0 Å². The molecule has 0 spiro atoms. The van der Waals surface area contributed by atoms with E-state index in [1.807, 2.05) is 78.9 Å². The van der Waals surface area contributed by atoms with Crippen molar-refractivity contribution in [2.75, 3.05) is 21.0 Å². The number of hydrogen-bond acceptors (Lipinski definition) is 5. The van der Waals surface area contributed by atoms with Crippen molar-refractivity contribution >= 4 is 6.08 Å². The van der Waals surface area contributed by atoms with Gasteiger partial charge in [-0.1, -0.05) is 72.8 Å². The molecule has 0 saturated heterocycles. The Morgan fingerprint density at radius 2 is 1.50 bits per heavy atom. The van der Waals surface area contributed by atoms with Gasteiger partial charge in [-0.3, -0.25) is 0 Å². The number of benzene rings is 3. The Bertz CT molecular complexity index is 989. The molecule has 3 aromatic rings. The van der Waals surface area contributed by atoms with Gasteiger partial charge in [0.1, 0.15) is 5.60 Å². The number of hydrogen-bond donors (Lipinski definition) is 1. The first-order chi connectivity index (χ1) is 14.7. The lowest BCUT2D eigenvalue weighted by molar-refractivity contribution is 0.0843. The van der Waals surface area contributed by atoms with E-state index >= 15 is 0 Å². The first-order valence-electron chi connectivity index (χ1n) is 9.72. The van der Waals surface area contributed by atoms with Crippen LogP contribution in [0, 0.1) is 0 Å². The smallest absolute Gasteiger partial charge is 0.231 e. The van der Waals surface area contributed by atoms with Crippen molar-refractivity contribution in [2.24, 2.45) is 0 Å². The average molecular weight is 404 g/mol. The van der Waals surface area contributed by atoms with E-state index in [2.05, 4.69) is 0 Å². The average Bonchev–Trinajstić information content (AvgIpc) is 3.27. The van der Waals surface area contributed by atoms with Crippen molar-refractivity contribution in [3.8, 4) is 23.0 Å². The molecule has 3 aromatic carbocycles. The second kappa shape index (κ2) is 8.51. The molecule has 0 saturated carbocycles. The molecule has 0 fully saturated rings. The summed E-state index contributed by atoms with van der Waals surface area (Å²) in [6.07, 6.45) is 4.21. The van der Waals surface area contributed by atoms with E-state index in [9.17, 15) is 5.11 Å². The molecule has 30 heavy (non-hydrogen) atoms. The molecule has 0 aliphatic carbocycles. The van der Waals surface area contributed by atoms with Crippen molar-refractivity contribution in [1.82, 2.24) is 0 Å². The SMILES string of the molecule is COc1c(/C=C/CC(O)(c2ccccc2)c2ccccc2)cc2c(c1OC)OCO2. The van der Waals surface area contributed by atoms with E-state index < -0.39 is 5.60 Å². The molecular weight excluding hydrogens is 380 g/mol. The third-order valence-electron chi connectivity index (χ3n) is 5.22. The third kappa shape index (κ3) is 3.60. The third-order valence-corrected chi connectivity index (χ3v) is 5.22. The molecule has 154 valence electrons. The number of fused-ring (bicyclic) bond motifs is 1. The van der Waals surface area contributed by atoms with Gasteiger partial charge in [0.2, 0.25) is 18.3 Å². The zero-order chi connectivity index (χ0) is 21.0. The zero-order valence-electron chi connectivity index (χ0n) is 17.0. The van der Waals surface area contributed by atoms with Gasteiger partial charge in [-0.2, -0.15) is 0 Å². The standard InChI is InChI=1S/C25H24O5/c1-27-22-18(16-21-23(24(22)28-2)30-17-29-21)10-9-15-25(26,19-11-5-3-6-12-19)20-13-7-4-8-14-20/h3-14,16,26H,15,17H2,1-2H3/b10-9+. The predicted octanol–water partition coefficient (Wildman–Crippen LogP) is 4.77. The Labute approximate surface area is 176 Å². The van der Waals surface area contributed by atoms with E-state index in [0.29, 0.717) is 29.4 Å². The van der Waals surface area contributed by atoms with Gasteiger partial charge in [0, 0.05) is 12.0 Å². The monoisotopic (exact) mass is 404 g/mol. The predicted molar refractivity (Wildman–Crippen MR) is 115 cm³/mol. The van der Waals surface area contributed by atoms with Crippen LogP contribution in [0.4, 0.5) is 0 Å². The van der Waals surface area contributed by atoms with Crippen LogP contribution in [0.15, 0.2) is 72.8 Å². The minimum absolute atomic E-state index is 0.143. The lowest BCUT2D eigenvalue weighted by atomic mass is 9.83. The molecule has 1 N–H and O–H groups in total. The summed E-state index contributed by atoms with van der Waals surface area (Å²) in [5.74, 6) is 2.19. The van der Waals surface area contributed by atoms with Gasteiger partial charge >= 0.3 is 0 Å². The summed E-state index contributed by atoms with van der Waals surface area (Å²) in [7, 11) is 3.15. The van der Waals surface area contributed by atoms with Crippen molar-refractivity contribution < 1.29 is 24.1 Å². The highest BCUT2D eigenvalue weighted by Gasteiger charge is 2.30. The molecule has 5 heteroatoms. The molecule has 1 aliphatic heterocycles. The van der Waals surface area contributed by atoms with Crippen LogP contribution in [0.25, 0.3) is 6.08 Å². The molecule has 0 bridgehead atoms. The largest absolute Gasteiger partial charge is 0.492 e. The van der Waals surface area contributed by atoms with Gasteiger partial charge in [-0.15, -0.1) is 0 Å². The fourth-order valence-electron chi connectivity index (χ4n) is 3.72. The Morgan fingerprint density at radius 3 is 2.07 bits per heavy atom. The minimum atomic E-state index is -1.16. The van der Waals surface area contributed by atoms with Gasteiger partial charge in [0.25, 0.3) is 0 Å². The molecular formula is C25H24O5. The molecule has 0 radical (unpaired) electrons. The van der Waals surface area contributed by atoms with E-state index in [4.69, 9.17) is 18.9 Å². The summed E-state index contributed by atoms with van der Waals surface area (Å²) < 4.78 is 22.1. The maximum Gasteiger partial charge on any atom is 0.231 e. The summed E-state index contributed by atoms with van der Waals surface area (Å²) in [5.41, 5.74) is 1.28. The first-order valence-corrected chi connectivity index (χ1v) is 9.72. The number of ether oxygens (including phenoxy) is 4. The Morgan fingerprint density at radius 1 is 0.900 bits per heavy atom. The summed E-state index contributed by atoms with van der Waals surface area (Å²) in [4.78, 5) is 0. The van der Waals surface area contributed by atoms with E-state index in [1.165, 1.54) is 0 Å². The lowest BCUT2D eigenvalue weighted by Crippen LogP contribution is -2.26. The second-order valence-electron chi connectivity index (χ2n) is 6.96. The van der Waals surface area contributed by atoms with Crippen LogP contribution in [0.5, 0.6) is 23.0 Å². The van der Waals surface area contributed by atoms with Crippen LogP contribution in [-0.4, -0.2) is 26.1 Å². The summed E-state index contributed by atoms with van der Waals surface area (Å²) in [5, 5.41) is 11.7. The van der Waals surface area contributed by atoms with E-state index in [0.717, 1.165) is 16.7 Å². The Hall–Kier alpha value is -3.44. The number of methoxy groups -OCH3 is 2. The number of rotatable bonds is 7. The molecule has 5 nitrogen and oxygen atoms in total. The minimum Gasteiger partial charge on any atom is -0.492 e. The molecule has 0 atom stereocenters. The Kier molecular flexibility index (Phi) is 5.63. The highest BCUT2D eigenvalue weighted by molar-refractivity contribution is 5.71. The van der Waals surface area contributed by atoms with E-state index in [1.54, 1.807) is 14.2 Å². The maximum atomic E-state index is 11.7. The van der Waals surface area contributed by atoms with E-state index in [-0.39, 0.29) is 6.79 Å². The van der Waals surface area contributed by atoms with Gasteiger partial charge in [-0.25, -0.2) is 0 Å². The summed E-state index contributed by atoms with van der Waals surface area (Å²) in [6, 6.07) is 21.2. The maximum absolute atomic E-state index is 11.7. The quantitative estimate of drug-likeness (QED) is 0.615. The molecule has 4 rings (SSSR count). The first kappa shape index (κ1) is 19.9. The van der Waals surface area contributed by atoms with Crippen LogP contribution in [0.1, 0.15) is 23.1 Å². The van der Waals surface area contributed by atoms with Crippen LogP contribution >= 0.6 is 0 Å². The zero-order valence-corrected chi connectivity index (χ0v) is 17.0. The molecule has 1 aliphatic rings. The van der Waals surface area contributed by atoms with Crippen molar-refractivity contribution in [2.45, 2.75) is 12.0 Å². The summed E-state index contributed by atoms with van der Waals surface area (Å²) >= 11 is 0. The van der Waals surface area contributed by atoms with Gasteiger partial charge < -0.3 is 24.1 Å². The normalized spacial score (nSPS) is 12.9. The van der Waals surface area contributed by atoms with Gasteiger partial charge in [-0.05, 0) is 17.2 Å². The van der Waals surface area contributed by atoms with Crippen molar-refractivity contribution in [3.63, 3.8) is 0 Å².